The molecule has 0 aliphatic heterocycles. The summed E-state index contributed by atoms with van der Waals surface area (Å²) in [5.41, 5.74) is -0.532. The van der Waals surface area contributed by atoms with E-state index in [0.717, 1.165) is 9.96 Å². The Hall–Kier alpha value is -2.93. The van der Waals surface area contributed by atoms with Gasteiger partial charge in [0.2, 0.25) is 0 Å². The molecular formula is C15H10ClN3O4. The van der Waals surface area contributed by atoms with Crippen molar-refractivity contribution < 1.29 is 9.66 Å². The third kappa shape index (κ3) is 2.74. The van der Waals surface area contributed by atoms with E-state index in [1.54, 1.807) is 43.3 Å². The van der Waals surface area contributed by atoms with Gasteiger partial charge in [0, 0.05) is 11.2 Å². The van der Waals surface area contributed by atoms with Gasteiger partial charge in [0.05, 0.1) is 4.92 Å². The fourth-order valence-electron chi connectivity index (χ4n) is 2.08. The summed E-state index contributed by atoms with van der Waals surface area (Å²) in [6.45, 7) is 1.77. The van der Waals surface area contributed by atoms with E-state index >= 15 is 0 Å². The first kappa shape index (κ1) is 15.0. The van der Waals surface area contributed by atoms with Crippen LogP contribution >= 0.6 is 11.6 Å². The Morgan fingerprint density at radius 2 is 2.09 bits per heavy atom. The van der Waals surface area contributed by atoms with Crippen molar-refractivity contribution >= 4 is 22.9 Å². The number of aromatic nitrogens is 2. The molecule has 1 aromatic carbocycles. The molecule has 0 aliphatic carbocycles. The van der Waals surface area contributed by atoms with Gasteiger partial charge in [0.15, 0.2) is 0 Å². The number of hydrogen-bond acceptors (Lipinski definition) is 5. The molecule has 0 unspecified atom stereocenters. The van der Waals surface area contributed by atoms with Crippen molar-refractivity contribution in [1.29, 1.82) is 0 Å². The van der Waals surface area contributed by atoms with Crippen LogP contribution in [0.15, 0.2) is 47.4 Å². The van der Waals surface area contributed by atoms with E-state index in [2.05, 4.69) is 4.98 Å². The summed E-state index contributed by atoms with van der Waals surface area (Å²) in [6.07, 6.45) is 1.41. The van der Waals surface area contributed by atoms with Crippen LogP contribution in [0.25, 0.3) is 5.65 Å². The minimum atomic E-state index is -0.804. The lowest BCUT2D eigenvalue weighted by molar-refractivity contribution is -0.387. The second-order valence-electron chi connectivity index (χ2n) is 4.77. The fraction of sp³-hybridized carbons (Fsp3) is 0.0667. The molecule has 3 rings (SSSR count). The number of halogens is 1. The molecule has 0 fully saturated rings. The molecule has 0 radical (unpaired) electrons. The normalized spacial score (nSPS) is 10.7. The van der Waals surface area contributed by atoms with Crippen LogP contribution in [0.2, 0.25) is 5.02 Å². The van der Waals surface area contributed by atoms with E-state index in [-0.39, 0.29) is 11.5 Å². The topological polar surface area (TPSA) is 86.7 Å². The summed E-state index contributed by atoms with van der Waals surface area (Å²) in [7, 11) is 0. The average molecular weight is 332 g/mol. The van der Waals surface area contributed by atoms with Crippen LogP contribution < -0.4 is 10.3 Å². The molecule has 2 aromatic heterocycles. The third-order valence-electron chi connectivity index (χ3n) is 3.20. The van der Waals surface area contributed by atoms with Crippen molar-refractivity contribution in [3.63, 3.8) is 0 Å². The van der Waals surface area contributed by atoms with Crippen LogP contribution in [-0.2, 0) is 0 Å². The molecule has 3 aromatic rings. The number of pyridine rings is 1. The van der Waals surface area contributed by atoms with Gasteiger partial charge in [0.25, 0.3) is 0 Å². The highest BCUT2D eigenvalue weighted by molar-refractivity contribution is 6.31. The summed E-state index contributed by atoms with van der Waals surface area (Å²) < 4.78 is 6.57. The summed E-state index contributed by atoms with van der Waals surface area (Å²) in [6, 6.07) is 9.58. The van der Waals surface area contributed by atoms with Gasteiger partial charge in [-0.25, -0.2) is 0 Å². The number of rotatable bonds is 3. The van der Waals surface area contributed by atoms with E-state index in [1.165, 1.54) is 6.20 Å². The van der Waals surface area contributed by atoms with E-state index in [4.69, 9.17) is 16.3 Å². The Kier molecular flexibility index (Phi) is 3.71. The maximum Gasteiger partial charge on any atom is 0.396 e. The Bertz CT molecular complexity index is 984. The van der Waals surface area contributed by atoms with Crippen LogP contribution in [0.4, 0.5) is 5.69 Å². The van der Waals surface area contributed by atoms with Gasteiger partial charge in [-0.15, -0.1) is 0 Å². The second-order valence-corrected chi connectivity index (χ2v) is 5.18. The Balaban J connectivity index is 2.19. The quantitative estimate of drug-likeness (QED) is 0.542. The van der Waals surface area contributed by atoms with Gasteiger partial charge in [-0.1, -0.05) is 17.7 Å². The van der Waals surface area contributed by atoms with E-state index in [1.807, 2.05) is 0 Å². The molecular weight excluding hydrogens is 322 g/mol. The molecule has 116 valence electrons. The SMILES string of the molecule is Cc1cc(Oc2nc3ccccn3c(=O)c2[N+](=O)[O-])ccc1Cl. The van der Waals surface area contributed by atoms with Gasteiger partial charge < -0.3 is 4.74 Å². The Morgan fingerprint density at radius 3 is 2.78 bits per heavy atom. The molecule has 8 heteroatoms. The largest absolute Gasteiger partial charge is 0.433 e. The molecule has 0 bridgehead atoms. The first-order chi connectivity index (χ1) is 11.0. The molecule has 2 heterocycles. The highest BCUT2D eigenvalue weighted by Gasteiger charge is 2.25. The first-order valence-electron chi connectivity index (χ1n) is 6.57. The number of fused-ring (bicyclic) bond motifs is 1. The summed E-state index contributed by atoms with van der Waals surface area (Å²) in [5, 5.41) is 11.8. The third-order valence-corrected chi connectivity index (χ3v) is 3.63. The van der Waals surface area contributed by atoms with Crippen LogP contribution in [0.5, 0.6) is 11.6 Å². The number of aryl methyl sites for hydroxylation is 1. The van der Waals surface area contributed by atoms with Crippen molar-refractivity contribution in [2.24, 2.45) is 0 Å². The minimum Gasteiger partial charge on any atom is -0.433 e. The van der Waals surface area contributed by atoms with Crippen LogP contribution in [0.1, 0.15) is 5.56 Å². The first-order valence-corrected chi connectivity index (χ1v) is 6.95. The second kappa shape index (κ2) is 5.69. The van der Waals surface area contributed by atoms with Gasteiger partial charge in [-0.3, -0.25) is 19.3 Å². The van der Waals surface area contributed by atoms with Crippen molar-refractivity contribution in [1.82, 2.24) is 9.38 Å². The molecule has 0 spiro atoms. The zero-order chi connectivity index (χ0) is 16.6. The van der Waals surface area contributed by atoms with Gasteiger partial charge in [-0.05, 0) is 42.8 Å². The minimum absolute atomic E-state index is 0.254. The maximum absolute atomic E-state index is 12.3. The number of nitrogens with zero attached hydrogens (tertiary/aromatic N) is 3. The lowest BCUT2D eigenvalue weighted by Crippen LogP contribution is -2.19. The lowest BCUT2D eigenvalue weighted by atomic mass is 10.2. The number of hydrogen-bond donors (Lipinski definition) is 0. The number of ether oxygens (including phenoxy) is 1. The molecule has 23 heavy (non-hydrogen) atoms. The Labute approximate surface area is 134 Å². The van der Waals surface area contributed by atoms with Gasteiger partial charge in [-0.2, -0.15) is 4.98 Å². The molecule has 0 N–H and O–H groups in total. The molecule has 0 saturated carbocycles. The van der Waals surface area contributed by atoms with E-state index in [0.29, 0.717) is 10.8 Å². The summed E-state index contributed by atoms with van der Waals surface area (Å²) in [4.78, 5) is 26.8. The monoisotopic (exact) mass is 331 g/mol. The predicted octanol–water partition coefficient (Wildman–Crippen LogP) is 3.36. The zero-order valence-electron chi connectivity index (χ0n) is 11.9. The highest BCUT2D eigenvalue weighted by atomic mass is 35.5. The molecule has 0 aliphatic rings. The lowest BCUT2D eigenvalue weighted by Gasteiger charge is -2.08. The van der Waals surface area contributed by atoms with Crippen LogP contribution in [0, 0.1) is 17.0 Å². The predicted molar refractivity (Wildman–Crippen MR) is 84.4 cm³/mol. The zero-order valence-corrected chi connectivity index (χ0v) is 12.6. The van der Waals surface area contributed by atoms with Crippen LogP contribution in [-0.4, -0.2) is 14.3 Å². The van der Waals surface area contributed by atoms with Crippen molar-refractivity contribution in [3.8, 4) is 11.6 Å². The van der Waals surface area contributed by atoms with Crippen molar-refractivity contribution in [2.45, 2.75) is 6.92 Å². The molecule has 7 nitrogen and oxygen atoms in total. The molecule has 0 amide bonds. The van der Waals surface area contributed by atoms with E-state index in [9.17, 15) is 14.9 Å². The smallest absolute Gasteiger partial charge is 0.396 e. The van der Waals surface area contributed by atoms with Crippen molar-refractivity contribution in [2.75, 3.05) is 0 Å². The summed E-state index contributed by atoms with van der Waals surface area (Å²) in [5.74, 6) is -0.0462. The number of benzene rings is 1. The standard InChI is InChI=1S/C15H10ClN3O4/c1-9-8-10(5-6-11(9)16)23-14-13(19(21)22)15(20)18-7-3-2-4-12(18)17-14/h2-8H,1H3. The fourth-order valence-corrected chi connectivity index (χ4v) is 2.20. The Morgan fingerprint density at radius 1 is 1.30 bits per heavy atom. The molecule has 0 atom stereocenters. The highest BCUT2D eigenvalue weighted by Crippen LogP contribution is 2.29. The van der Waals surface area contributed by atoms with Gasteiger partial charge in [0.1, 0.15) is 11.4 Å². The van der Waals surface area contributed by atoms with Crippen LogP contribution in [0.3, 0.4) is 0 Å². The van der Waals surface area contributed by atoms with Crippen molar-refractivity contribution in [3.05, 3.63) is 73.6 Å². The van der Waals surface area contributed by atoms with E-state index < -0.39 is 16.2 Å². The number of nitro groups is 1. The average Bonchev–Trinajstić information content (AvgIpc) is 2.51. The molecule has 0 saturated heterocycles. The summed E-state index contributed by atoms with van der Waals surface area (Å²) >= 11 is 5.94. The van der Waals surface area contributed by atoms with Gasteiger partial charge >= 0.3 is 17.1 Å². The maximum atomic E-state index is 12.3.